The van der Waals surface area contributed by atoms with Gasteiger partial charge in [-0.15, -0.1) is 0 Å². The molecule has 1 unspecified atom stereocenters. The molecule has 0 radical (unpaired) electrons. The molecule has 1 aromatic heterocycles. The van der Waals surface area contributed by atoms with Crippen LogP contribution in [0.4, 0.5) is 0 Å². The maximum Gasteiger partial charge on any atom is 0.189 e. The standard InChI is InChI=1S/C33H32N4O/c38-33-19-32(29-4-2-16-35-29)37-30-17-25(13-14-27(30)33)23-9-5-21(6-10-23)22-7-11-24(12-8-22)26-18-31(36-20-26)28-3-1-15-34-28/h5-14,17,19-20,28-29,34-35H,1-4,15-16,18H2,(H,37,38)/t28-,29?/m0/s1. The van der Waals surface area contributed by atoms with Crippen LogP contribution in [0.2, 0.25) is 0 Å². The lowest BCUT2D eigenvalue weighted by atomic mass is 9.96. The Hall–Kier alpha value is -3.80. The summed E-state index contributed by atoms with van der Waals surface area (Å²) in [6.07, 6.45) is 7.64. The lowest BCUT2D eigenvalue weighted by molar-refractivity contribution is 0.630. The fourth-order valence-corrected chi connectivity index (χ4v) is 6.13. The van der Waals surface area contributed by atoms with Crippen LogP contribution in [0.25, 0.3) is 38.7 Å². The first kappa shape index (κ1) is 23.3. The number of nitrogens with one attached hydrogen (secondary N) is 3. The number of benzene rings is 3. The smallest absolute Gasteiger partial charge is 0.189 e. The molecule has 3 aliphatic heterocycles. The topological polar surface area (TPSA) is 69.3 Å². The summed E-state index contributed by atoms with van der Waals surface area (Å²) >= 11 is 0. The summed E-state index contributed by atoms with van der Waals surface area (Å²) in [6, 6.07) is 26.1. The van der Waals surface area contributed by atoms with E-state index in [0.29, 0.717) is 6.04 Å². The lowest BCUT2D eigenvalue weighted by Gasteiger charge is -2.12. The summed E-state index contributed by atoms with van der Waals surface area (Å²) in [5.74, 6) is 0. The number of hydrogen-bond acceptors (Lipinski definition) is 4. The van der Waals surface area contributed by atoms with E-state index in [-0.39, 0.29) is 11.5 Å². The van der Waals surface area contributed by atoms with Crippen molar-refractivity contribution in [1.82, 2.24) is 15.6 Å². The van der Waals surface area contributed by atoms with E-state index in [1.165, 1.54) is 40.8 Å². The summed E-state index contributed by atoms with van der Waals surface area (Å²) < 4.78 is 0. The lowest BCUT2D eigenvalue weighted by Crippen LogP contribution is -2.29. The van der Waals surface area contributed by atoms with Crippen molar-refractivity contribution in [2.24, 2.45) is 4.99 Å². The van der Waals surface area contributed by atoms with Crippen LogP contribution in [-0.2, 0) is 0 Å². The largest absolute Gasteiger partial charge is 0.357 e. The molecule has 2 saturated heterocycles. The Morgan fingerprint density at radius 1 is 0.684 bits per heavy atom. The molecule has 0 bridgehead atoms. The van der Waals surface area contributed by atoms with E-state index >= 15 is 0 Å². The van der Waals surface area contributed by atoms with Gasteiger partial charge in [-0.2, -0.15) is 0 Å². The highest BCUT2D eigenvalue weighted by Gasteiger charge is 2.23. The van der Waals surface area contributed by atoms with Gasteiger partial charge in [-0.25, -0.2) is 0 Å². The molecule has 190 valence electrons. The van der Waals surface area contributed by atoms with Gasteiger partial charge in [0.25, 0.3) is 0 Å². The second-order valence-corrected chi connectivity index (χ2v) is 10.8. The van der Waals surface area contributed by atoms with Crippen LogP contribution < -0.4 is 16.1 Å². The summed E-state index contributed by atoms with van der Waals surface area (Å²) in [7, 11) is 0. The van der Waals surface area contributed by atoms with Crippen molar-refractivity contribution in [2.75, 3.05) is 13.1 Å². The number of aliphatic imine (C=N–C) groups is 1. The maximum atomic E-state index is 12.7. The minimum absolute atomic E-state index is 0.0825. The molecule has 0 aliphatic carbocycles. The van der Waals surface area contributed by atoms with Gasteiger partial charge >= 0.3 is 0 Å². The van der Waals surface area contributed by atoms with Gasteiger partial charge in [-0.3, -0.25) is 9.79 Å². The van der Waals surface area contributed by atoms with Gasteiger partial charge in [0.05, 0.1) is 5.52 Å². The van der Waals surface area contributed by atoms with Gasteiger partial charge < -0.3 is 15.6 Å². The first-order chi connectivity index (χ1) is 18.7. The fourth-order valence-electron chi connectivity index (χ4n) is 6.13. The molecular weight excluding hydrogens is 468 g/mol. The van der Waals surface area contributed by atoms with Gasteiger partial charge in [-0.1, -0.05) is 54.6 Å². The van der Waals surface area contributed by atoms with Crippen molar-refractivity contribution in [3.05, 3.63) is 100 Å². The molecule has 4 heterocycles. The van der Waals surface area contributed by atoms with Crippen molar-refractivity contribution >= 4 is 22.2 Å². The number of fused-ring (bicyclic) bond motifs is 1. The molecule has 5 nitrogen and oxygen atoms in total. The molecule has 7 rings (SSSR count). The van der Waals surface area contributed by atoms with Gasteiger partial charge in [0.1, 0.15) is 0 Å². The molecule has 0 spiro atoms. The van der Waals surface area contributed by atoms with Crippen molar-refractivity contribution in [2.45, 2.75) is 44.2 Å². The van der Waals surface area contributed by atoms with Crippen LogP contribution >= 0.6 is 0 Å². The quantitative estimate of drug-likeness (QED) is 0.305. The Bertz CT molecular complexity index is 1600. The number of hydrogen-bond donors (Lipinski definition) is 3. The van der Waals surface area contributed by atoms with Crippen LogP contribution in [0, 0.1) is 0 Å². The normalized spacial score (nSPS) is 21.2. The Balaban J connectivity index is 1.09. The second-order valence-electron chi connectivity index (χ2n) is 10.8. The summed E-state index contributed by atoms with van der Waals surface area (Å²) in [5.41, 5.74) is 10.4. The Morgan fingerprint density at radius 3 is 1.95 bits per heavy atom. The molecule has 2 fully saturated rings. The molecular formula is C33H32N4O. The molecule has 5 heteroatoms. The van der Waals surface area contributed by atoms with E-state index in [2.05, 4.69) is 70.2 Å². The van der Waals surface area contributed by atoms with E-state index < -0.39 is 0 Å². The average Bonchev–Trinajstić information content (AvgIpc) is 3.76. The zero-order valence-corrected chi connectivity index (χ0v) is 21.5. The van der Waals surface area contributed by atoms with Crippen LogP contribution in [0.1, 0.15) is 49.4 Å². The second kappa shape index (κ2) is 9.82. The predicted molar refractivity (Wildman–Crippen MR) is 156 cm³/mol. The number of pyridine rings is 1. The Labute approximate surface area is 222 Å². The third-order valence-corrected chi connectivity index (χ3v) is 8.31. The van der Waals surface area contributed by atoms with E-state index in [9.17, 15) is 4.79 Å². The molecule has 0 saturated carbocycles. The third-order valence-electron chi connectivity index (χ3n) is 8.31. The van der Waals surface area contributed by atoms with Gasteiger partial charge in [0.2, 0.25) is 0 Å². The summed E-state index contributed by atoms with van der Waals surface area (Å²) in [4.78, 5) is 21.0. The number of H-pyrrole nitrogens is 1. The van der Waals surface area contributed by atoms with Crippen molar-refractivity contribution in [1.29, 1.82) is 0 Å². The Kier molecular flexibility index (Phi) is 6.03. The maximum absolute atomic E-state index is 12.7. The third kappa shape index (κ3) is 4.42. The zero-order valence-electron chi connectivity index (χ0n) is 21.5. The summed E-state index contributed by atoms with van der Waals surface area (Å²) in [6.45, 7) is 2.11. The molecule has 3 aliphatic rings. The molecule has 4 aromatic rings. The highest BCUT2D eigenvalue weighted by Crippen LogP contribution is 2.31. The highest BCUT2D eigenvalue weighted by atomic mass is 16.1. The predicted octanol–water partition coefficient (Wildman–Crippen LogP) is 6.22. The van der Waals surface area contributed by atoms with Crippen LogP contribution in [-0.4, -0.2) is 29.8 Å². The Morgan fingerprint density at radius 2 is 1.29 bits per heavy atom. The molecule has 0 amide bonds. The zero-order chi connectivity index (χ0) is 25.5. The van der Waals surface area contributed by atoms with E-state index in [1.807, 2.05) is 18.3 Å². The molecule has 2 atom stereocenters. The van der Waals surface area contributed by atoms with E-state index in [0.717, 1.165) is 60.1 Å². The monoisotopic (exact) mass is 500 g/mol. The SMILES string of the molecule is O=c1cc(C2CCCN2)[nH]c2cc(-c3ccc(-c4ccc(C5=CN=C([C@@H]6CCCN6)C5)cc4)cc3)ccc12. The highest BCUT2D eigenvalue weighted by molar-refractivity contribution is 6.01. The minimum atomic E-state index is 0.0825. The van der Waals surface area contributed by atoms with Crippen molar-refractivity contribution in [3.8, 4) is 22.3 Å². The van der Waals surface area contributed by atoms with E-state index in [4.69, 9.17) is 4.99 Å². The van der Waals surface area contributed by atoms with Crippen LogP contribution in [0.15, 0.2) is 88.8 Å². The molecule has 3 N–H and O–H groups in total. The van der Waals surface area contributed by atoms with Gasteiger partial charge in [0, 0.05) is 47.6 Å². The van der Waals surface area contributed by atoms with Crippen molar-refractivity contribution < 1.29 is 0 Å². The van der Waals surface area contributed by atoms with Crippen LogP contribution in [0.3, 0.4) is 0 Å². The minimum Gasteiger partial charge on any atom is -0.357 e. The van der Waals surface area contributed by atoms with Crippen molar-refractivity contribution in [3.63, 3.8) is 0 Å². The van der Waals surface area contributed by atoms with Crippen LogP contribution in [0.5, 0.6) is 0 Å². The van der Waals surface area contributed by atoms with Gasteiger partial charge in [-0.05, 0) is 84.3 Å². The summed E-state index contributed by atoms with van der Waals surface area (Å²) in [5, 5.41) is 7.78. The van der Waals surface area contributed by atoms with E-state index in [1.54, 1.807) is 6.07 Å². The first-order valence-electron chi connectivity index (χ1n) is 13.8. The molecule has 3 aromatic carbocycles. The first-order valence-corrected chi connectivity index (χ1v) is 13.8. The fraction of sp³-hybridized carbons (Fsp3) is 0.273. The number of nitrogens with zero attached hydrogens (tertiary/aromatic N) is 1. The number of aromatic nitrogens is 1. The number of rotatable bonds is 5. The number of allylic oxidation sites excluding steroid dienone is 1. The average molecular weight is 501 g/mol. The van der Waals surface area contributed by atoms with Gasteiger partial charge in [0.15, 0.2) is 5.43 Å². The molecule has 38 heavy (non-hydrogen) atoms. The number of aromatic amines is 1.